The minimum Gasteiger partial charge on any atom is -0.486 e. The number of hydrogen-bond acceptors (Lipinski definition) is 8. The Morgan fingerprint density at radius 3 is 1.39 bits per heavy atom. The molecule has 2 N–H and O–H groups in total. The van der Waals surface area contributed by atoms with E-state index in [1.165, 1.54) is 12.4 Å². The fourth-order valence-corrected chi connectivity index (χ4v) is 3.50. The maximum Gasteiger partial charge on any atom is 0.271 e. The zero-order valence-corrected chi connectivity index (χ0v) is 19.1. The number of nitrogens with one attached hydrogen (secondary N) is 2. The summed E-state index contributed by atoms with van der Waals surface area (Å²) in [5, 5.41) is 8.01. The minimum atomic E-state index is -0.360. The van der Waals surface area contributed by atoms with Crippen molar-refractivity contribution in [3.8, 4) is 23.0 Å². The van der Waals surface area contributed by atoms with Crippen molar-refractivity contribution in [1.82, 2.24) is 10.9 Å². The SMILES string of the molecule is O=C(N/N=C\c1ccc(/C=N\NC(=O)c2ccc3c(c2)OCCO3)cc1)c1ccc2c(c1)OCCO2. The second-order valence-corrected chi connectivity index (χ2v) is 7.78. The molecule has 182 valence electrons. The van der Waals surface area contributed by atoms with Gasteiger partial charge in [0.15, 0.2) is 23.0 Å². The van der Waals surface area contributed by atoms with Crippen LogP contribution in [0.4, 0.5) is 0 Å². The summed E-state index contributed by atoms with van der Waals surface area (Å²) in [4.78, 5) is 24.7. The van der Waals surface area contributed by atoms with Gasteiger partial charge < -0.3 is 18.9 Å². The molecule has 3 aromatic carbocycles. The Morgan fingerprint density at radius 1 is 0.583 bits per heavy atom. The zero-order valence-electron chi connectivity index (χ0n) is 19.1. The highest BCUT2D eigenvalue weighted by Crippen LogP contribution is 2.31. The highest BCUT2D eigenvalue weighted by atomic mass is 16.6. The monoisotopic (exact) mass is 486 g/mol. The van der Waals surface area contributed by atoms with Crippen molar-refractivity contribution in [2.45, 2.75) is 0 Å². The van der Waals surface area contributed by atoms with Gasteiger partial charge in [0, 0.05) is 11.1 Å². The molecule has 0 fully saturated rings. The van der Waals surface area contributed by atoms with Gasteiger partial charge in [0.1, 0.15) is 26.4 Å². The second kappa shape index (κ2) is 10.6. The third-order valence-corrected chi connectivity index (χ3v) is 5.30. The molecule has 0 spiro atoms. The molecule has 5 rings (SSSR count). The number of hydrazone groups is 2. The lowest BCUT2D eigenvalue weighted by atomic mass is 10.1. The van der Waals surface area contributed by atoms with Gasteiger partial charge in [-0.25, -0.2) is 10.9 Å². The summed E-state index contributed by atoms with van der Waals surface area (Å²) in [6.45, 7) is 1.87. The van der Waals surface area contributed by atoms with Crippen molar-refractivity contribution in [3.05, 3.63) is 82.9 Å². The van der Waals surface area contributed by atoms with Crippen LogP contribution in [0.5, 0.6) is 23.0 Å². The van der Waals surface area contributed by atoms with Crippen LogP contribution < -0.4 is 29.8 Å². The summed E-state index contributed by atoms with van der Waals surface area (Å²) in [6.07, 6.45) is 3.06. The van der Waals surface area contributed by atoms with Gasteiger partial charge in [-0.1, -0.05) is 24.3 Å². The number of nitrogens with zero attached hydrogens (tertiary/aromatic N) is 2. The van der Waals surface area contributed by atoms with Crippen molar-refractivity contribution in [1.29, 1.82) is 0 Å². The third kappa shape index (κ3) is 5.44. The molecule has 2 heterocycles. The first kappa shape index (κ1) is 22.9. The lowest BCUT2D eigenvalue weighted by molar-refractivity contribution is 0.0946. The van der Waals surface area contributed by atoms with Gasteiger partial charge in [-0.3, -0.25) is 9.59 Å². The van der Waals surface area contributed by atoms with E-state index in [9.17, 15) is 9.59 Å². The molecular formula is C26H22N4O6. The molecule has 36 heavy (non-hydrogen) atoms. The van der Waals surface area contributed by atoms with Gasteiger partial charge in [-0.2, -0.15) is 10.2 Å². The molecule has 0 saturated heterocycles. The molecule has 0 aromatic heterocycles. The predicted molar refractivity (Wildman–Crippen MR) is 131 cm³/mol. The molecule has 2 aliphatic heterocycles. The van der Waals surface area contributed by atoms with Crippen molar-refractivity contribution in [3.63, 3.8) is 0 Å². The topological polar surface area (TPSA) is 120 Å². The average molecular weight is 486 g/mol. The molecule has 0 radical (unpaired) electrons. The first-order valence-corrected chi connectivity index (χ1v) is 11.2. The van der Waals surface area contributed by atoms with Crippen molar-refractivity contribution < 1.29 is 28.5 Å². The van der Waals surface area contributed by atoms with E-state index in [1.807, 2.05) is 24.3 Å². The van der Waals surface area contributed by atoms with Crippen molar-refractivity contribution in [2.24, 2.45) is 10.2 Å². The number of rotatable bonds is 6. The van der Waals surface area contributed by atoms with E-state index in [-0.39, 0.29) is 11.8 Å². The van der Waals surface area contributed by atoms with Gasteiger partial charge in [0.2, 0.25) is 0 Å². The van der Waals surface area contributed by atoms with E-state index in [2.05, 4.69) is 21.1 Å². The van der Waals surface area contributed by atoms with E-state index in [0.717, 1.165) is 11.1 Å². The Morgan fingerprint density at radius 2 is 0.972 bits per heavy atom. The molecule has 0 unspecified atom stereocenters. The van der Waals surface area contributed by atoms with Gasteiger partial charge in [-0.15, -0.1) is 0 Å². The fourth-order valence-electron chi connectivity index (χ4n) is 3.50. The lowest BCUT2D eigenvalue weighted by Crippen LogP contribution is -2.19. The van der Waals surface area contributed by atoms with Crippen LogP contribution in [0, 0.1) is 0 Å². The molecule has 2 aliphatic rings. The van der Waals surface area contributed by atoms with Crippen molar-refractivity contribution in [2.75, 3.05) is 26.4 Å². The average Bonchev–Trinajstić information content (AvgIpc) is 2.93. The largest absolute Gasteiger partial charge is 0.486 e. The minimum absolute atomic E-state index is 0.360. The standard InChI is InChI=1S/C26H22N4O6/c31-25(19-5-7-21-23(13-19)35-11-9-33-21)29-27-15-17-1-2-18(4-3-17)16-28-30-26(32)20-6-8-22-24(14-20)36-12-10-34-22/h1-8,13-16H,9-12H2,(H,29,31)(H,30,32)/b27-15-,28-16-. The van der Waals surface area contributed by atoms with Crippen LogP contribution >= 0.6 is 0 Å². The summed E-state index contributed by atoms with van der Waals surface area (Å²) in [6, 6.07) is 17.2. The van der Waals surface area contributed by atoms with Crippen LogP contribution in [0.2, 0.25) is 0 Å². The maximum absolute atomic E-state index is 12.3. The molecule has 10 nitrogen and oxygen atoms in total. The fraction of sp³-hybridized carbons (Fsp3) is 0.154. The quantitative estimate of drug-likeness (QED) is 0.408. The Labute approximate surface area is 206 Å². The zero-order chi connectivity index (χ0) is 24.7. The van der Waals surface area contributed by atoms with Crippen LogP contribution in [-0.4, -0.2) is 50.7 Å². The number of carbonyl (C=O) groups excluding carboxylic acids is 2. The smallest absolute Gasteiger partial charge is 0.271 e. The molecule has 10 heteroatoms. The molecule has 0 aliphatic carbocycles. The van der Waals surface area contributed by atoms with Crippen LogP contribution in [0.25, 0.3) is 0 Å². The van der Waals surface area contributed by atoms with Gasteiger partial charge in [0.25, 0.3) is 11.8 Å². The Balaban J connectivity index is 1.12. The normalized spacial score (nSPS) is 14.0. The van der Waals surface area contributed by atoms with E-state index in [1.54, 1.807) is 36.4 Å². The summed E-state index contributed by atoms with van der Waals surface area (Å²) >= 11 is 0. The van der Waals surface area contributed by atoms with Crippen molar-refractivity contribution >= 4 is 24.2 Å². The summed E-state index contributed by atoms with van der Waals surface area (Å²) in [7, 11) is 0. The summed E-state index contributed by atoms with van der Waals surface area (Å²) in [5.74, 6) is 1.59. The maximum atomic E-state index is 12.3. The van der Waals surface area contributed by atoms with Crippen LogP contribution in [0.1, 0.15) is 31.8 Å². The lowest BCUT2D eigenvalue weighted by Gasteiger charge is -2.18. The van der Waals surface area contributed by atoms with Gasteiger partial charge in [0.05, 0.1) is 12.4 Å². The number of fused-ring (bicyclic) bond motifs is 2. The Bertz CT molecular complexity index is 1230. The highest BCUT2D eigenvalue weighted by molar-refractivity contribution is 5.96. The molecule has 0 saturated carbocycles. The number of ether oxygens (including phenoxy) is 4. The molecule has 3 aromatic rings. The first-order valence-electron chi connectivity index (χ1n) is 11.2. The second-order valence-electron chi connectivity index (χ2n) is 7.78. The summed E-state index contributed by atoms with van der Waals surface area (Å²) in [5.41, 5.74) is 7.37. The van der Waals surface area contributed by atoms with Crippen LogP contribution in [0.3, 0.4) is 0 Å². The molecular weight excluding hydrogens is 464 g/mol. The van der Waals surface area contributed by atoms with E-state index >= 15 is 0 Å². The molecule has 2 amide bonds. The van der Waals surface area contributed by atoms with Crippen LogP contribution in [-0.2, 0) is 0 Å². The predicted octanol–water partition coefficient (Wildman–Crippen LogP) is 2.76. The third-order valence-electron chi connectivity index (χ3n) is 5.30. The number of hydrogen-bond donors (Lipinski definition) is 2. The highest BCUT2D eigenvalue weighted by Gasteiger charge is 2.15. The summed E-state index contributed by atoms with van der Waals surface area (Å²) < 4.78 is 21.9. The Kier molecular flexibility index (Phi) is 6.74. The van der Waals surface area contributed by atoms with E-state index in [0.29, 0.717) is 60.6 Å². The number of benzene rings is 3. The van der Waals surface area contributed by atoms with E-state index in [4.69, 9.17) is 18.9 Å². The number of carbonyl (C=O) groups is 2. The van der Waals surface area contributed by atoms with Crippen LogP contribution in [0.15, 0.2) is 70.9 Å². The van der Waals surface area contributed by atoms with Gasteiger partial charge in [-0.05, 0) is 47.5 Å². The molecule has 0 atom stereocenters. The molecule has 0 bridgehead atoms. The van der Waals surface area contributed by atoms with E-state index < -0.39 is 0 Å². The van der Waals surface area contributed by atoms with Gasteiger partial charge >= 0.3 is 0 Å². The first-order chi connectivity index (χ1) is 17.7. The number of amides is 2. The Hall–Kier alpha value is -4.86.